The number of hydrogen-bond donors (Lipinski definition) is 2. The molecule has 0 saturated heterocycles. The summed E-state index contributed by atoms with van der Waals surface area (Å²) < 4.78 is 29.5. The Morgan fingerprint density at radius 2 is 2.29 bits per heavy atom. The van der Waals surface area contributed by atoms with E-state index >= 15 is 0 Å². The number of aliphatic hydroxyl groups is 1. The number of anilines is 1. The van der Waals surface area contributed by atoms with Gasteiger partial charge in [0.25, 0.3) is 6.43 Å². The zero-order chi connectivity index (χ0) is 10.7. The monoisotopic (exact) mass is 204 g/mol. The van der Waals surface area contributed by atoms with Gasteiger partial charge >= 0.3 is 0 Å². The second-order valence-electron chi connectivity index (χ2n) is 2.57. The van der Waals surface area contributed by atoms with E-state index in [2.05, 4.69) is 9.72 Å². The predicted molar refractivity (Wildman–Crippen MR) is 46.1 cm³/mol. The van der Waals surface area contributed by atoms with Gasteiger partial charge in [-0.05, 0) is 0 Å². The SMILES string of the molecule is COc1cc(N)c(CO)nc1C(F)F. The Bertz CT molecular complexity index is 331. The van der Waals surface area contributed by atoms with Gasteiger partial charge in [-0.2, -0.15) is 0 Å². The van der Waals surface area contributed by atoms with Crippen LogP contribution in [0, 0.1) is 0 Å². The fraction of sp³-hybridized carbons (Fsp3) is 0.375. The zero-order valence-electron chi connectivity index (χ0n) is 7.50. The molecule has 3 N–H and O–H groups in total. The van der Waals surface area contributed by atoms with E-state index < -0.39 is 18.7 Å². The largest absolute Gasteiger partial charge is 0.495 e. The molecule has 0 bridgehead atoms. The number of alkyl halides is 2. The Kier molecular flexibility index (Phi) is 3.19. The number of rotatable bonds is 3. The van der Waals surface area contributed by atoms with Crippen molar-refractivity contribution >= 4 is 5.69 Å². The van der Waals surface area contributed by atoms with Gasteiger partial charge in [0.05, 0.1) is 25.1 Å². The highest BCUT2D eigenvalue weighted by Crippen LogP contribution is 2.29. The fourth-order valence-electron chi connectivity index (χ4n) is 1.01. The summed E-state index contributed by atoms with van der Waals surface area (Å²) in [5.41, 5.74) is 5.08. The molecular formula is C8H10F2N2O2. The first-order valence-corrected chi connectivity index (χ1v) is 3.82. The van der Waals surface area contributed by atoms with Crippen molar-refractivity contribution < 1.29 is 18.6 Å². The van der Waals surface area contributed by atoms with Crippen LogP contribution in [-0.4, -0.2) is 17.2 Å². The number of hydrogen-bond acceptors (Lipinski definition) is 4. The number of nitrogens with two attached hydrogens (primary N) is 1. The first kappa shape index (κ1) is 10.6. The highest BCUT2D eigenvalue weighted by molar-refractivity contribution is 5.49. The quantitative estimate of drug-likeness (QED) is 0.773. The van der Waals surface area contributed by atoms with E-state index in [1.54, 1.807) is 0 Å². The van der Waals surface area contributed by atoms with Crippen molar-refractivity contribution in [3.8, 4) is 5.75 Å². The van der Waals surface area contributed by atoms with Gasteiger partial charge in [-0.25, -0.2) is 13.8 Å². The number of nitrogens with zero attached hydrogens (tertiary/aromatic N) is 1. The minimum atomic E-state index is -2.75. The van der Waals surface area contributed by atoms with Crippen molar-refractivity contribution in [3.63, 3.8) is 0 Å². The lowest BCUT2D eigenvalue weighted by Crippen LogP contribution is -2.04. The molecule has 4 nitrogen and oxygen atoms in total. The van der Waals surface area contributed by atoms with Crippen LogP contribution >= 0.6 is 0 Å². The van der Waals surface area contributed by atoms with E-state index in [1.807, 2.05) is 0 Å². The van der Waals surface area contributed by atoms with Crippen molar-refractivity contribution in [2.45, 2.75) is 13.0 Å². The maximum Gasteiger partial charge on any atom is 0.284 e. The minimum absolute atomic E-state index is 0.0288. The normalized spacial score (nSPS) is 10.6. The molecule has 1 aromatic heterocycles. The van der Waals surface area contributed by atoms with Crippen LogP contribution in [0.1, 0.15) is 17.8 Å². The molecule has 78 valence electrons. The third-order valence-corrected chi connectivity index (χ3v) is 1.70. The summed E-state index contributed by atoms with van der Waals surface area (Å²) in [7, 11) is 1.25. The van der Waals surface area contributed by atoms with Crippen molar-refractivity contribution in [1.82, 2.24) is 4.98 Å². The van der Waals surface area contributed by atoms with E-state index in [9.17, 15) is 8.78 Å². The first-order chi connectivity index (χ1) is 6.60. The number of ether oxygens (including phenoxy) is 1. The van der Waals surface area contributed by atoms with Crippen molar-refractivity contribution in [2.75, 3.05) is 12.8 Å². The zero-order valence-corrected chi connectivity index (χ0v) is 7.50. The highest BCUT2D eigenvalue weighted by atomic mass is 19.3. The van der Waals surface area contributed by atoms with E-state index in [-0.39, 0.29) is 17.1 Å². The second-order valence-corrected chi connectivity index (χ2v) is 2.57. The summed E-state index contributed by atoms with van der Waals surface area (Å²) in [5.74, 6) is -0.0744. The first-order valence-electron chi connectivity index (χ1n) is 3.82. The molecule has 0 aliphatic heterocycles. The van der Waals surface area contributed by atoms with Crippen molar-refractivity contribution in [3.05, 3.63) is 17.5 Å². The van der Waals surface area contributed by atoms with Gasteiger partial charge in [-0.3, -0.25) is 0 Å². The smallest absolute Gasteiger partial charge is 0.284 e. The van der Waals surface area contributed by atoms with Crippen molar-refractivity contribution in [2.24, 2.45) is 0 Å². The van der Waals surface area contributed by atoms with Crippen LogP contribution in [0.25, 0.3) is 0 Å². The molecule has 0 aromatic carbocycles. The predicted octanol–water partition coefficient (Wildman–Crippen LogP) is 1.10. The molecule has 0 saturated carbocycles. The summed E-state index contributed by atoms with van der Waals surface area (Å²) >= 11 is 0. The molecule has 0 spiro atoms. The van der Waals surface area contributed by atoms with Crippen LogP contribution in [0.5, 0.6) is 5.75 Å². The number of aliphatic hydroxyl groups excluding tert-OH is 1. The Balaban J connectivity index is 3.25. The van der Waals surface area contributed by atoms with E-state index in [1.165, 1.54) is 13.2 Å². The van der Waals surface area contributed by atoms with E-state index in [4.69, 9.17) is 10.8 Å². The van der Waals surface area contributed by atoms with Gasteiger partial charge < -0.3 is 15.6 Å². The Morgan fingerprint density at radius 1 is 1.64 bits per heavy atom. The molecule has 0 fully saturated rings. The molecule has 0 atom stereocenters. The molecule has 0 amide bonds. The van der Waals surface area contributed by atoms with Gasteiger partial charge in [0.1, 0.15) is 11.4 Å². The summed E-state index contributed by atoms with van der Waals surface area (Å²) in [6.07, 6.45) is -2.75. The topological polar surface area (TPSA) is 68.4 Å². The Morgan fingerprint density at radius 3 is 2.71 bits per heavy atom. The van der Waals surface area contributed by atoms with Gasteiger partial charge in [0.2, 0.25) is 0 Å². The molecule has 0 aliphatic carbocycles. The Labute approximate surface area is 79.3 Å². The molecule has 0 aliphatic rings. The van der Waals surface area contributed by atoms with Crippen LogP contribution < -0.4 is 10.5 Å². The Hall–Kier alpha value is -1.43. The highest BCUT2D eigenvalue weighted by Gasteiger charge is 2.18. The molecule has 0 radical (unpaired) electrons. The van der Waals surface area contributed by atoms with Crippen LogP contribution in [0.2, 0.25) is 0 Å². The lowest BCUT2D eigenvalue weighted by molar-refractivity contribution is 0.140. The summed E-state index contributed by atoms with van der Waals surface area (Å²) in [4.78, 5) is 3.51. The van der Waals surface area contributed by atoms with E-state index in [0.29, 0.717) is 0 Å². The van der Waals surface area contributed by atoms with Crippen LogP contribution in [-0.2, 0) is 6.61 Å². The fourth-order valence-corrected chi connectivity index (χ4v) is 1.01. The lowest BCUT2D eigenvalue weighted by atomic mass is 10.2. The van der Waals surface area contributed by atoms with Gasteiger partial charge in [0, 0.05) is 6.07 Å². The molecule has 6 heteroatoms. The molecular weight excluding hydrogens is 194 g/mol. The summed E-state index contributed by atoms with van der Waals surface area (Å²) in [5, 5.41) is 8.76. The van der Waals surface area contributed by atoms with E-state index in [0.717, 1.165) is 0 Å². The van der Waals surface area contributed by atoms with Crippen LogP contribution in [0.4, 0.5) is 14.5 Å². The number of nitrogen functional groups attached to an aromatic ring is 1. The number of halogens is 2. The van der Waals surface area contributed by atoms with Crippen LogP contribution in [0.15, 0.2) is 6.07 Å². The maximum atomic E-state index is 12.4. The summed E-state index contributed by atoms with van der Waals surface area (Å²) in [6, 6.07) is 1.22. The molecule has 1 aromatic rings. The molecule has 1 heterocycles. The molecule has 14 heavy (non-hydrogen) atoms. The number of methoxy groups -OCH3 is 1. The van der Waals surface area contributed by atoms with Gasteiger partial charge in [-0.1, -0.05) is 0 Å². The van der Waals surface area contributed by atoms with Crippen molar-refractivity contribution in [1.29, 1.82) is 0 Å². The third-order valence-electron chi connectivity index (χ3n) is 1.70. The van der Waals surface area contributed by atoms with Crippen LogP contribution in [0.3, 0.4) is 0 Å². The minimum Gasteiger partial charge on any atom is -0.495 e. The average Bonchev–Trinajstić information content (AvgIpc) is 2.16. The third kappa shape index (κ3) is 1.90. The molecule has 0 unspecified atom stereocenters. The molecule has 1 rings (SSSR count). The van der Waals surface area contributed by atoms with Gasteiger partial charge in [-0.15, -0.1) is 0 Å². The average molecular weight is 204 g/mol. The maximum absolute atomic E-state index is 12.4. The number of pyridine rings is 1. The summed E-state index contributed by atoms with van der Waals surface area (Å²) in [6.45, 7) is -0.477. The van der Waals surface area contributed by atoms with Gasteiger partial charge in [0.15, 0.2) is 0 Å². The number of aromatic nitrogens is 1. The second kappa shape index (κ2) is 4.19. The lowest BCUT2D eigenvalue weighted by Gasteiger charge is -2.10. The standard InChI is InChI=1S/C8H10F2N2O2/c1-14-6-2-4(11)5(3-13)12-7(6)8(9)10/h2,8,13H,3,11H2,1H3.